The van der Waals surface area contributed by atoms with Crippen LogP contribution in [0, 0.1) is 0 Å². The van der Waals surface area contributed by atoms with Crippen LogP contribution in [0.5, 0.6) is 5.75 Å². The van der Waals surface area contributed by atoms with Crippen molar-refractivity contribution in [2.24, 2.45) is 0 Å². The van der Waals surface area contributed by atoms with E-state index in [0.29, 0.717) is 45.6 Å². The molecule has 1 aromatic carbocycles. The molecule has 1 heterocycles. The van der Waals surface area contributed by atoms with E-state index in [1.54, 1.807) is 11.4 Å². The molecule has 0 radical (unpaired) electrons. The van der Waals surface area contributed by atoms with Gasteiger partial charge >= 0.3 is 0 Å². The van der Waals surface area contributed by atoms with Crippen molar-refractivity contribution < 1.29 is 17.9 Å². The van der Waals surface area contributed by atoms with Crippen LogP contribution in [0.25, 0.3) is 0 Å². The Morgan fingerprint density at radius 3 is 2.37 bits per heavy atom. The summed E-state index contributed by atoms with van der Waals surface area (Å²) in [5.74, 6) is 0.882. The zero-order valence-corrected chi connectivity index (χ0v) is 17.1. The number of benzene rings is 1. The highest BCUT2D eigenvalue weighted by atomic mass is 32.2. The molecule has 1 aliphatic heterocycles. The molecule has 1 amide bonds. The Labute approximate surface area is 162 Å². The molecule has 7 nitrogen and oxygen atoms in total. The highest BCUT2D eigenvalue weighted by molar-refractivity contribution is 7.89. The monoisotopic (exact) mass is 397 g/mol. The van der Waals surface area contributed by atoms with Crippen molar-refractivity contribution in [2.45, 2.75) is 32.6 Å². The minimum Gasteiger partial charge on any atom is -0.497 e. The third-order valence-electron chi connectivity index (χ3n) is 4.73. The van der Waals surface area contributed by atoms with Crippen LogP contribution < -0.4 is 15.0 Å². The standard InChI is InChI=1S/C19H31N3O4S/c1-3-4-6-19(23)20-11-5-16-27(24,25)22-14-12-21(13-15-22)17-7-9-18(26-2)10-8-17/h7-10H,3-6,11-16H2,1-2H3,(H,20,23). The smallest absolute Gasteiger partial charge is 0.219 e. The molecule has 0 atom stereocenters. The van der Waals surface area contributed by atoms with E-state index >= 15 is 0 Å². The number of anilines is 1. The van der Waals surface area contributed by atoms with E-state index in [1.165, 1.54) is 0 Å². The molecule has 8 heteroatoms. The number of carbonyl (C=O) groups excluding carboxylic acids is 1. The quantitative estimate of drug-likeness (QED) is 0.610. The summed E-state index contributed by atoms with van der Waals surface area (Å²) in [6, 6.07) is 7.80. The van der Waals surface area contributed by atoms with Crippen LogP contribution in [0.3, 0.4) is 0 Å². The lowest BCUT2D eigenvalue weighted by molar-refractivity contribution is -0.121. The number of piperazine rings is 1. The number of sulfonamides is 1. The summed E-state index contributed by atoms with van der Waals surface area (Å²) in [7, 11) is -1.64. The Balaban J connectivity index is 1.74. The number of hydrogen-bond acceptors (Lipinski definition) is 5. The summed E-state index contributed by atoms with van der Waals surface area (Å²) in [4.78, 5) is 13.7. The molecule has 0 spiro atoms. The number of nitrogens with zero attached hydrogens (tertiary/aromatic N) is 2. The SMILES string of the molecule is CCCCC(=O)NCCCS(=O)(=O)N1CCN(c2ccc(OC)cc2)CC1. The first-order valence-electron chi connectivity index (χ1n) is 9.60. The first-order valence-corrected chi connectivity index (χ1v) is 11.2. The number of amides is 1. The number of nitrogens with one attached hydrogen (secondary N) is 1. The van der Waals surface area contributed by atoms with Gasteiger partial charge in [-0.3, -0.25) is 4.79 Å². The van der Waals surface area contributed by atoms with Crippen LogP contribution in [0.4, 0.5) is 5.69 Å². The molecular formula is C19H31N3O4S. The van der Waals surface area contributed by atoms with E-state index in [2.05, 4.69) is 10.2 Å². The van der Waals surface area contributed by atoms with Crippen LogP contribution in [0.1, 0.15) is 32.6 Å². The van der Waals surface area contributed by atoms with Crippen LogP contribution in [0.2, 0.25) is 0 Å². The van der Waals surface area contributed by atoms with Crippen molar-refractivity contribution in [1.82, 2.24) is 9.62 Å². The van der Waals surface area contributed by atoms with E-state index in [0.717, 1.165) is 24.3 Å². The van der Waals surface area contributed by atoms with Gasteiger partial charge in [-0.05, 0) is 37.1 Å². The van der Waals surface area contributed by atoms with Crippen molar-refractivity contribution in [2.75, 3.05) is 50.5 Å². The van der Waals surface area contributed by atoms with Gasteiger partial charge in [0.05, 0.1) is 12.9 Å². The average Bonchev–Trinajstić information content (AvgIpc) is 2.70. The number of ether oxygens (including phenoxy) is 1. The maximum atomic E-state index is 12.5. The van der Waals surface area contributed by atoms with Crippen molar-refractivity contribution >= 4 is 21.6 Å². The van der Waals surface area contributed by atoms with Gasteiger partial charge in [0.1, 0.15) is 5.75 Å². The molecule has 27 heavy (non-hydrogen) atoms. The van der Waals surface area contributed by atoms with Gasteiger partial charge in [-0.15, -0.1) is 0 Å². The predicted molar refractivity (Wildman–Crippen MR) is 108 cm³/mol. The summed E-state index contributed by atoms with van der Waals surface area (Å²) in [5, 5.41) is 2.79. The Morgan fingerprint density at radius 2 is 1.78 bits per heavy atom. The lowest BCUT2D eigenvalue weighted by Gasteiger charge is -2.35. The molecule has 1 fully saturated rings. The topological polar surface area (TPSA) is 79.0 Å². The van der Waals surface area contributed by atoms with Gasteiger partial charge in [0.15, 0.2) is 0 Å². The zero-order valence-electron chi connectivity index (χ0n) is 16.3. The van der Waals surface area contributed by atoms with E-state index in [1.807, 2.05) is 31.2 Å². The number of methoxy groups -OCH3 is 1. The summed E-state index contributed by atoms with van der Waals surface area (Å²) in [6.45, 7) is 4.74. The van der Waals surface area contributed by atoms with Gasteiger partial charge in [0.25, 0.3) is 0 Å². The second kappa shape index (κ2) is 10.5. The maximum absolute atomic E-state index is 12.5. The Kier molecular flexibility index (Phi) is 8.37. The first kappa shape index (κ1) is 21.5. The van der Waals surface area contributed by atoms with Gasteiger partial charge in [-0.25, -0.2) is 8.42 Å². The lowest BCUT2D eigenvalue weighted by Crippen LogP contribution is -2.49. The third-order valence-corrected chi connectivity index (χ3v) is 6.68. The third kappa shape index (κ3) is 6.70. The largest absolute Gasteiger partial charge is 0.497 e. The Morgan fingerprint density at radius 1 is 1.11 bits per heavy atom. The summed E-state index contributed by atoms with van der Waals surface area (Å²) in [5.41, 5.74) is 1.07. The molecule has 0 aliphatic carbocycles. The van der Waals surface area contributed by atoms with Gasteiger partial charge in [0.2, 0.25) is 15.9 Å². The second-order valence-electron chi connectivity index (χ2n) is 6.71. The molecule has 0 aromatic heterocycles. The number of unbranched alkanes of at least 4 members (excludes halogenated alkanes) is 1. The fourth-order valence-electron chi connectivity index (χ4n) is 3.05. The van der Waals surface area contributed by atoms with Crippen molar-refractivity contribution in [3.63, 3.8) is 0 Å². The lowest BCUT2D eigenvalue weighted by atomic mass is 10.2. The van der Waals surface area contributed by atoms with Gasteiger partial charge in [-0.1, -0.05) is 13.3 Å². The minimum absolute atomic E-state index is 0.00218. The van der Waals surface area contributed by atoms with Gasteiger partial charge in [0, 0.05) is 44.8 Å². The summed E-state index contributed by atoms with van der Waals surface area (Å²) >= 11 is 0. The van der Waals surface area contributed by atoms with Crippen LogP contribution in [-0.2, 0) is 14.8 Å². The maximum Gasteiger partial charge on any atom is 0.219 e. The number of carbonyl (C=O) groups is 1. The molecule has 152 valence electrons. The van der Waals surface area contributed by atoms with Gasteiger partial charge in [-0.2, -0.15) is 4.31 Å². The van der Waals surface area contributed by atoms with Crippen molar-refractivity contribution in [3.8, 4) is 5.75 Å². The second-order valence-corrected chi connectivity index (χ2v) is 8.80. The normalized spacial score (nSPS) is 15.6. The average molecular weight is 398 g/mol. The molecule has 1 saturated heterocycles. The molecule has 2 rings (SSSR count). The molecule has 1 aromatic rings. The van der Waals surface area contributed by atoms with Crippen LogP contribution in [-0.4, -0.2) is 64.2 Å². The van der Waals surface area contributed by atoms with E-state index in [4.69, 9.17) is 4.74 Å². The van der Waals surface area contributed by atoms with E-state index < -0.39 is 10.0 Å². The van der Waals surface area contributed by atoms with Crippen LogP contribution in [0.15, 0.2) is 24.3 Å². The van der Waals surface area contributed by atoms with Crippen molar-refractivity contribution in [3.05, 3.63) is 24.3 Å². The zero-order chi connectivity index (χ0) is 19.7. The van der Waals surface area contributed by atoms with E-state index in [-0.39, 0.29) is 11.7 Å². The Bertz CT molecular complexity index is 683. The number of rotatable bonds is 10. The fraction of sp³-hybridized carbons (Fsp3) is 0.632. The number of hydrogen-bond donors (Lipinski definition) is 1. The fourth-order valence-corrected chi connectivity index (χ4v) is 4.54. The molecule has 0 saturated carbocycles. The molecule has 0 unspecified atom stereocenters. The molecular weight excluding hydrogens is 366 g/mol. The van der Waals surface area contributed by atoms with Crippen molar-refractivity contribution in [1.29, 1.82) is 0 Å². The molecule has 1 aliphatic rings. The first-order chi connectivity index (χ1) is 13.0. The summed E-state index contributed by atoms with van der Waals surface area (Å²) < 4.78 is 31.7. The highest BCUT2D eigenvalue weighted by Gasteiger charge is 2.26. The predicted octanol–water partition coefficient (Wildman–Crippen LogP) is 1.84. The van der Waals surface area contributed by atoms with Crippen LogP contribution >= 0.6 is 0 Å². The molecule has 1 N–H and O–H groups in total. The van der Waals surface area contributed by atoms with Gasteiger partial charge < -0.3 is 15.0 Å². The Hall–Kier alpha value is -1.80. The van der Waals surface area contributed by atoms with E-state index in [9.17, 15) is 13.2 Å². The minimum atomic E-state index is -3.28. The molecule has 0 bridgehead atoms. The summed E-state index contributed by atoms with van der Waals surface area (Å²) in [6.07, 6.45) is 2.79. The highest BCUT2D eigenvalue weighted by Crippen LogP contribution is 2.21.